The lowest BCUT2D eigenvalue weighted by molar-refractivity contribution is -0.118. The standard InChI is InChI=1S/C25H25N3O2/c1-2-28-16-15-18-13-14-21(17-22(18)28)26-25(30)23(19-9-5-3-6-10-19)27-24(29)20-11-7-4-8-12-20/h3-14,17,23H,2,15-16H2,1H3,(H,26,30)(H,27,29). The number of hydrogen-bond acceptors (Lipinski definition) is 3. The molecule has 0 radical (unpaired) electrons. The van der Waals surface area contributed by atoms with Crippen LogP contribution in [0.5, 0.6) is 0 Å². The predicted molar refractivity (Wildman–Crippen MR) is 120 cm³/mol. The van der Waals surface area contributed by atoms with Gasteiger partial charge >= 0.3 is 0 Å². The largest absolute Gasteiger partial charge is 0.371 e. The van der Waals surface area contributed by atoms with Gasteiger partial charge in [0.1, 0.15) is 6.04 Å². The van der Waals surface area contributed by atoms with Crippen LogP contribution in [0.15, 0.2) is 78.9 Å². The molecule has 0 saturated heterocycles. The van der Waals surface area contributed by atoms with Gasteiger partial charge in [-0.2, -0.15) is 0 Å². The Kier molecular flexibility index (Phi) is 5.80. The normalized spacial score (nSPS) is 13.4. The van der Waals surface area contributed by atoms with Crippen molar-refractivity contribution >= 4 is 23.2 Å². The summed E-state index contributed by atoms with van der Waals surface area (Å²) >= 11 is 0. The molecule has 4 rings (SSSR count). The van der Waals surface area contributed by atoms with Gasteiger partial charge in [0.2, 0.25) is 0 Å². The van der Waals surface area contributed by atoms with Crippen molar-refractivity contribution in [1.29, 1.82) is 0 Å². The summed E-state index contributed by atoms with van der Waals surface area (Å²) in [6.45, 7) is 4.07. The molecule has 5 heteroatoms. The maximum Gasteiger partial charge on any atom is 0.252 e. The fourth-order valence-electron chi connectivity index (χ4n) is 3.82. The second-order valence-corrected chi connectivity index (χ2v) is 7.35. The maximum absolute atomic E-state index is 13.2. The van der Waals surface area contributed by atoms with E-state index in [1.54, 1.807) is 24.3 Å². The number of hydrogen-bond donors (Lipinski definition) is 2. The van der Waals surface area contributed by atoms with E-state index in [1.807, 2.05) is 48.5 Å². The number of fused-ring (bicyclic) bond motifs is 1. The Labute approximate surface area is 176 Å². The van der Waals surface area contributed by atoms with Crippen molar-refractivity contribution < 1.29 is 9.59 Å². The molecule has 1 aliphatic rings. The van der Waals surface area contributed by atoms with Crippen molar-refractivity contribution in [3.05, 3.63) is 95.6 Å². The Balaban J connectivity index is 1.57. The molecule has 0 spiro atoms. The smallest absolute Gasteiger partial charge is 0.252 e. The second kappa shape index (κ2) is 8.82. The number of carbonyl (C=O) groups is 2. The topological polar surface area (TPSA) is 61.4 Å². The van der Waals surface area contributed by atoms with Gasteiger partial charge in [0, 0.05) is 30.0 Å². The van der Waals surface area contributed by atoms with Crippen molar-refractivity contribution in [1.82, 2.24) is 5.32 Å². The molecule has 0 bridgehead atoms. The van der Waals surface area contributed by atoms with Crippen LogP contribution in [0.1, 0.15) is 34.5 Å². The van der Waals surface area contributed by atoms with Gasteiger partial charge in [-0.25, -0.2) is 0 Å². The molecule has 152 valence electrons. The summed E-state index contributed by atoms with van der Waals surface area (Å²) in [6.07, 6.45) is 1.02. The minimum absolute atomic E-state index is 0.272. The van der Waals surface area contributed by atoms with Crippen LogP contribution in [0, 0.1) is 0 Å². The van der Waals surface area contributed by atoms with Crippen molar-refractivity contribution in [2.24, 2.45) is 0 Å². The highest BCUT2D eigenvalue weighted by atomic mass is 16.2. The number of nitrogens with one attached hydrogen (secondary N) is 2. The van der Waals surface area contributed by atoms with Crippen molar-refractivity contribution in [2.45, 2.75) is 19.4 Å². The number of benzene rings is 3. The minimum Gasteiger partial charge on any atom is -0.371 e. The van der Waals surface area contributed by atoms with Gasteiger partial charge in [0.15, 0.2) is 0 Å². The molecule has 30 heavy (non-hydrogen) atoms. The molecule has 3 aromatic carbocycles. The van der Waals surface area contributed by atoms with Crippen LogP contribution in [0.25, 0.3) is 0 Å². The average Bonchev–Trinajstić information content (AvgIpc) is 3.20. The lowest BCUT2D eigenvalue weighted by Gasteiger charge is -2.20. The van der Waals surface area contributed by atoms with Crippen molar-refractivity contribution in [3.8, 4) is 0 Å². The van der Waals surface area contributed by atoms with Crippen LogP contribution >= 0.6 is 0 Å². The molecule has 2 amide bonds. The average molecular weight is 399 g/mol. The zero-order valence-corrected chi connectivity index (χ0v) is 17.0. The highest BCUT2D eigenvalue weighted by molar-refractivity contribution is 6.01. The van der Waals surface area contributed by atoms with Crippen LogP contribution in [-0.4, -0.2) is 24.9 Å². The molecule has 1 heterocycles. The summed E-state index contributed by atoms with van der Waals surface area (Å²) in [6, 6.07) is 23.4. The summed E-state index contributed by atoms with van der Waals surface area (Å²) in [5.41, 5.74) is 4.44. The van der Waals surface area contributed by atoms with E-state index < -0.39 is 6.04 Å². The minimum atomic E-state index is -0.797. The first-order valence-corrected chi connectivity index (χ1v) is 10.3. The van der Waals surface area contributed by atoms with Crippen LogP contribution in [0.4, 0.5) is 11.4 Å². The quantitative estimate of drug-likeness (QED) is 0.654. The monoisotopic (exact) mass is 399 g/mol. The molecule has 5 nitrogen and oxygen atoms in total. The first-order valence-electron chi connectivity index (χ1n) is 10.3. The molecule has 2 N–H and O–H groups in total. The third-order valence-corrected chi connectivity index (χ3v) is 5.43. The number of likely N-dealkylation sites (N-methyl/N-ethyl adjacent to an activating group) is 1. The molecular formula is C25H25N3O2. The van der Waals surface area contributed by atoms with Gasteiger partial charge in [-0.15, -0.1) is 0 Å². The van der Waals surface area contributed by atoms with Crippen LogP contribution in [0.2, 0.25) is 0 Å². The SMILES string of the molecule is CCN1CCc2ccc(NC(=O)C(NC(=O)c3ccccc3)c3ccccc3)cc21. The molecule has 1 unspecified atom stereocenters. The molecule has 1 atom stereocenters. The van der Waals surface area contributed by atoms with Gasteiger partial charge in [0.05, 0.1) is 0 Å². The van der Waals surface area contributed by atoms with E-state index >= 15 is 0 Å². The zero-order chi connectivity index (χ0) is 20.9. The molecule has 0 aromatic heterocycles. The van der Waals surface area contributed by atoms with Gasteiger partial charge in [-0.05, 0) is 48.7 Å². The van der Waals surface area contributed by atoms with E-state index in [9.17, 15) is 9.59 Å². The number of rotatable bonds is 6. The maximum atomic E-state index is 13.2. The summed E-state index contributed by atoms with van der Waals surface area (Å²) in [4.78, 5) is 28.2. The first kappa shape index (κ1) is 19.7. The first-order chi connectivity index (χ1) is 14.7. The summed E-state index contributed by atoms with van der Waals surface area (Å²) < 4.78 is 0. The second-order valence-electron chi connectivity index (χ2n) is 7.35. The highest BCUT2D eigenvalue weighted by Crippen LogP contribution is 2.31. The van der Waals surface area contributed by atoms with E-state index in [0.29, 0.717) is 5.56 Å². The van der Waals surface area contributed by atoms with Gasteiger partial charge in [0.25, 0.3) is 11.8 Å². The molecule has 0 saturated carbocycles. The fourth-order valence-corrected chi connectivity index (χ4v) is 3.82. The molecule has 3 aromatic rings. The van der Waals surface area contributed by atoms with Crippen molar-refractivity contribution in [3.63, 3.8) is 0 Å². The molecule has 0 fully saturated rings. The summed E-state index contributed by atoms with van der Waals surface area (Å²) in [5, 5.41) is 5.87. The third kappa shape index (κ3) is 4.20. The highest BCUT2D eigenvalue weighted by Gasteiger charge is 2.24. The number of amides is 2. The van der Waals surface area contributed by atoms with E-state index in [4.69, 9.17) is 0 Å². The van der Waals surface area contributed by atoms with Crippen LogP contribution in [-0.2, 0) is 11.2 Å². The summed E-state index contributed by atoms with van der Waals surface area (Å²) in [7, 11) is 0. The Bertz CT molecular complexity index is 1030. The third-order valence-electron chi connectivity index (χ3n) is 5.43. The van der Waals surface area contributed by atoms with Gasteiger partial charge < -0.3 is 15.5 Å². The molecular weight excluding hydrogens is 374 g/mol. The number of anilines is 2. The van der Waals surface area contributed by atoms with Crippen LogP contribution < -0.4 is 15.5 Å². The van der Waals surface area contributed by atoms with Gasteiger partial charge in [-0.3, -0.25) is 9.59 Å². The Morgan fingerprint density at radius 1 is 0.967 bits per heavy atom. The predicted octanol–water partition coefficient (Wildman–Crippen LogP) is 4.18. The summed E-state index contributed by atoms with van der Waals surface area (Å²) in [5.74, 6) is -0.558. The van der Waals surface area contributed by atoms with E-state index in [0.717, 1.165) is 30.8 Å². The van der Waals surface area contributed by atoms with E-state index in [-0.39, 0.29) is 11.8 Å². The Morgan fingerprint density at radius 2 is 1.67 bits per heavy atom. The van der Waals surface area contributed by atoms with E-state index in [1.165, 1.54) is 11.3 Å². The van der Waals surface area contributed by atoms with Crippen LogP contribution in [0.3, 0.4) is 0 Å². The zero-order valence-electron chi connectivity index (χ0n) is 17.0. The lowest BCUT2D eigenvalue weighted by Crippen LogP contribution is -2.37. The number of nitrogens with zero attached hydrogens (tertiary/aromatic N) is 1. The fraction of sp³-hybridized carbons (Fsp3) is 0.200. The molecule has 0 aliphatic carbocycles. The Hall–Kier alpha value is -3.60. The van der Waals surface area contributed by atoms with Crippen molar-refractivity contribution in [2.75, 3.05) is 23.3 Å². The number of carbonyl (C=O) groups excluding carboxylic acids is 2. The Morgan fingerprint density at radius 3 is 2.37 bits per heavy atom. The lowest BCUT2D eigenvalue weighted by atomic mass is 10.0. The van der Waals surface area contributed by atoms with Gasteiger partial charge in [-0.1, -0.05) is 54.6 Å². The van der Waals surface area contributed by atoms with E-state index in [2.05, 4.69) is 28.5 Å². The molecule has 1 aliphatic heterocycles.